The monoisotopic (exact) mass is 338 g/mol. The lowest BCUT2D eigenvalue weighted by atomic mass is 10.00. The Kier molecular flexibility index (Phi) is 3.56. The first kappa shape index (κ1) is 15.4. The van der Waals surface area contributed by atoms with Crippen LogP contribution in [0.5, 0.6) is 0 Å². The number of aromatic nitrogens is 1. The first-order chi connectivity index (χ1) is 12.1. The summed E-state index contributed by atoms with van der Waals surface area (Å²) in [4.78, 5) is 38.0. The Labute approximate surface area is 144 Å². The van der Waals surface area contributed by atoms with Crippen molar-refractivity contribution < 1.29 is 14.4 Å². The molecule has 2 fully saturated rings. The second-order valence-corrected chi connectivity index (χ2v) is 6.47. The minimum atomic E-state index is -0.983. The van der Waals surface area contributed by atoms with Gasteiger partial charge in [0.15, 0.2) is 0 Å². The quantitative estimate of drug-likeness (QED) is 0.818. The Balaban J connectivity index is 1.52. The van der Waals surface area contributed by atoms with Gasteiger partial charge in [0.25, 0.3) is 11.8 Å². The van der Waals surface area contributed by atoms with E-state index in [2.05, 4.69) is 10.6 Å². The molecular formula is C18H18N4O3. The third-order valence-corrected chi connectivity index (χ3v) is 4.82. The number of carbonyl (C=O) groups is 3. The van der Waals surface area contributed by atoms with Gasteiger partial charge >= 0.3 is 6.03 Å². The van der Waals surface area contributed by atoms with Gasteiger partial charge in [-0.25, -0.2) is 4.79 Å². The molecule has 2 saturated heterocycles. The number of benzene rings is 1. The first-order valence-corrected chi connectivity index (χ1v) is 8.19. The Hall–Kier alpha value is -3.09. The van der Waals surface area contributed by atoms with Crippen LogP contribution in [0.25, 0.3) is 0 Å². The zero-order valence-electron chi connectivity index (χ0n) is 13.6. The Morgan fingerprint density at radius 3 is 2.64 bits per heavy atom. The number of likely N-dealkylation sites (tertiary alicyclic amines) is 1. The highest BCUT2D eigenvalue weighted by atomic mass is 16.2. The summed E-state index contributed by atoms with van der Waals surface area (Å²) in [7, 11) is 0. The predicted octanol–water partition coefficient (Wildman–Crippen LogP) is 0.960. The molecule has 1 atom stereocenters. The number of hydrogen-bond acceptors (Lipinski definition) is 3. The van der Waals surface area contributed by atoms with Crippen molar-refractivity contribution in [3.8, 4) is 0 Å². The molecule has 1 unspecified atom stereocenters. The average Bonchev–Trinajstić information content (AvgIpc) is 3.29. The lowest BCUT2D eigenvalue weighted by Gasteiger charge is -2.21. The van der Waals surface area contributed by atoms with Crippen molar-refractivity contribution in [2.24, 2.45) is 0 Å². The molecule has 2 aliphatic rings. The summed E-state index contributed by atoms with van der Waals surface area (Å²) in [6.45, 7) is 1.23. The SMILES string of the molecule is O=C1NC(=O)C2(CCN(C(=O)c3cccn3Cc3ccccc3)C2)N1. The van der Waals surface area contributed by atoms with Crippen LogP contribution >= 0.6 is 0 Å². The number of nitrogens with one attached hydrogen (secondary N) is 2. The minimum absolute atomic E-state index is 0.133. The molecule has 1 aromatic heterocycles. The van der Waals surface area contributed by atoms with Gasteiger partial charge < -0.3 is 14.8 Å². The van der Waals surface area contributed by atoms with E-state index in [1.54, 1.807) is 11.0 Å². The standard InChI is InChI=1S/C18H18N4O3/c23-15(22-10-8-18(12-22)16(24)19-17(25)20-18)14-7-4-9-21(14)11-13-5-2-1-3-6-13/h1-7,9H,8,10-12H2,(H2,19,20,24,25). The number of hydrogen-bond donors (Lipinski definition) is 2. The molecule has 0 bridgehead atoms. The van der Waals surface area contributed by atoms with Gasteiger partial charge in [0.2, 0.25) is 0 Å². The van der Waals surface area contributed by atoms with Crippen LogP contribution in [0.2, 0.25) is 0 Å². The summed E-state index contributed by atoms with van der Waals surface area (Å²) in [5.74, 6) is -0.487. The molecule has 25 heavy (non-hydrogen) atoms. The fourth-order valence-corrected chi connectivity index (χ4v) is 3.49. The molecule has 1 aromatic carbocycles. The molecule has 2 aromatic rings. The molecule has 4 amide bonds. The van der Waals surface area contributed by atoms with Crippen molar-refractivity contribution in [3.63, 3.8) is 0 Å². The van der Waals surface area contributed by atoms with E-state index < -0.39 is 11.6 Å². The molecule has 3 heterocycles. The third-order valence-electron chi connectivity index (χ3n) is 4.82. The highest BCUT2D eigenvalue weighted by molar-refractivity contribution is 6.08. The molecule has 128 valence electrons. The largest absolute Gasteiger partial charge is 0.339 e. The van der Waals surface area contributed by atoms with E-state index in [-0.39, 0.29) is 18.4 Å². The predicted molar refractivity (Wildman–Crippen MR) is 89.9 cm³/mol. The molecule has 1 spiro atoms. The number of urea groups is 1. The van der Waals surface area contributed by atoms with Gasteiger partial charge in [-0.2, -0.15) is 0 Å². The van der Waals surface area contributed by atoms with Gasteiger partial charge in [0.05, 0.1) is 6.54 Å². The smallest absolute Gasteiger partial charge is 0.322 e. The second-order valence-electron chi connectivity index (χ2n) is 6.47. The first-order valence-electron chi connectivity index (χ1n) is 8.19. The number of nitrogens with zero attached hydrogens (tertiary/aromatic N) is 2. The number of carbonyl (C=O) groups excluding carboxylic acids is 3. The topological polar surface area (TPSA) is 83.4 Å². The summed E-state index contributed by atoms with van der Waals surface area (Å²) in [6, 6.07) is 13.0. The normalized spacial score (nSPS) is 22.3. The van der Waals surface area contributed by atoms with Gasteiger partial charge in [0, 0.05) is 19.3 Å². The van der Waals surface area contributed by atoms with Crippen LogP contribution in [0.3, 0.4) is 0 Å². The van der Waals surface area contributed by atoms with Gasteiger partial charge in [-0.1, -0.05) is 30.3 Å². The maximum Gasteiger partial charge on any atom is 0.322 e. The van der Waals surface area contributed by atoms with Crippen molar-refractivity contribution >= 4 is 17.8 Å². The summed E-state index contributed by atoms with van der Waals surface area (Å²) >= 11 is 0. The molecule has 0 saturated carbocycles. The van der Waals surface area contributed by atoms with Crippen LogP contribution in [0.1, 0.15) is 22.5 Å². The van der Waals surface area contributed by atoms with Crippen LogP contribution in [0, 0.1) is 0 Å². The average molecular weight is 338 g/mol. The van der Waals surface area contributed by atoms with E-state index in [9.17, 15) is 14.4 Å². The summed E-state index contributed by atoms with van der Waals surface area (Å²) < 4.78 is 1.90. The highest BCUT2D eigenvalue weighted by Crippen LogP contribution is 2.26. The van der Waals surface area contributed by atoms with Crippen molar-refractivity contribution in [1.82, 2.24) is 20.1 Å². The third kappa shape index (κ3) is 2.67. The Morgan fingerprint density at radius 1 is 1.12 bits per heavy atom. The van der Waals surface area contributed by atoms with Crippen molar-refractivity contribution in [1.29, 1.82) is 0 Å². The van der Waals surface area contributed by atoms with Crippen LogP contribution in [-0.2, 0) is 11.3 Å². The van der Waals surface area contributed by atoms with E-state index in [1.807, 2.05) is 47.2 Å². The van der Waals surface area contributed by atoms with Crippen LogP contribution in [-0.4, -0.2) is 45.9 Å². The molecular weight excluding hydrogens is 320 g/mol. The van der Waals surface area contributed by atoms with E-state index in [4.69, 9.17) is 0 Å². The lowest BCUT2D eigenvalue weighted by Crippen LogP contribution is -2.49. The number of amides is 4. The van der Waals surface area contributed by atoms with Gasteiger partial charge in [-0.3, -0.25) is 14.9 Å². The number of imide groups is 1. The van der Waals surface area contributed by atoms with Crippen molar-refractivity contribution in [2.45, 2.75) is 18.5 Å². The molecule has 0 aliphatic carbocycles. The van der Waals surface area contributed by atoms with Crippen molar-refractivity contribution in [3.05, 3.63) is 59.9 Å². The maximum absolute atomic E-state index is 12.9. The zero-order chi connectivity index (χ0) is 17.4. The number of rotatable bonds is 3. The molecule has 2 aliphatic heterocycles. The van der Waals surface area contributed by atoms with Crippen LogP contribution < -0.4 is 10.6 Å². The zero-order valence-corrected chi connectivity index (χ0v) is 13.6. The second kappa shape index (κ2) is 5.77. The van der Waals surface area contributed by atoms with Crippen molar-refractivity contribution in [2.75, 3.05) is 13.1 Å². The van der Waals surface area contributed by atoms with Gasteiger partial charge in [-0.05, 0) is 24.1 Å². The van der Waals surface area contributed by atoms with Gasteiger partial charge in [0.1, 0.15) is 11.2 Å². The molecule has 7 heteroatoms. The lowest BCUT2D eigenvalue weighted by molar-refractivity contribution is -0.123. The fraction of sp³-hybridized carbons (Fsp3) is 0.278. The summed E-state index contributed by atoms with van der Waals surface area (Å²) in [6.07, 6.45) is 2.30. The summed E-state index contributed by atoms with van der Waals surface area (Å²) in [5, 5.41) is 4.92. The van der Waals surface area contributed by atoms with Crippen LogP contribution in [0.15, 0.2) is 48.7 Å². The fourth-order valence-electron chi connectivity index (χ4n) is 3.49. The van der Waals surface area contributed by atoms with E-state index in [1.165, 1.54) is 0 Å². The highest BCUT2D eigenvalue weighted by Gasteiger charge is 2.51. The molecule has 4 rings (SSSR count). The van der Waals surface area contributed by atoms with Gasteiger partial charge in [-0.15, -0.1) is 0 Å². The minimum Gasteiger partial charge on any atom is -0.339 e. The van der Waals surface area contributed by atoms with E-state index in [0.29, 0.717) is 25.2 Å². The Bertz CT molecular complexity index is 845. The van der Waals surface area contributed by atoms with E-state index in [0.717, 1.165) is 5.56 Å². The summed E-state index contributed by atoms with van der Waals surface area (Å²) in [5.41, 5.74) is 0.697. The maximum atomic E-state index is 12.9. The molecule has 2 N–H and O–H groups in total. The van der Waals surface area contributed by atoms with Crippen LogP contribution in [0.4, 0.5) is 4.79 Å². The molecule has 0 radical (unpaired) electrons. The Morgan fingerprint density at radius 2 is 1.92 bits per heavy atom. The molecule has 7 nitrogen and oxygen atoms in total. The van der Waals surface area contributed by atoms with E-state index >= 15 is 0 Å².